The van der Waals surface area contributed by atoms with Crippen LogP contribution < -0.4 is 10.6 Å². The molecule has 0 bridgehead atoms. The molecule has 0 fully saturated rings. The Morgan fingerprint density at radius 3 is 2.21 bits per heavy atom. The molecule has 2 atom stereocenters. The van der Waals surface area contributed by atoms with E-state index in [1.54, 1.807) is 6.07 Å². The molecular formula is C25H23ClF4N2O. The van der Waals surface area contributed by atoms with E-state index in [1.807, 2.05) is 30.3 Å². The van der Waals surface area contributed by atoms with Crippen molar-refractivity contribution in [1.29, 1.82) is 0 Å². The lowest BCUT2D eigenvalue weighted by Crippen LogP contribution is -2.38. The molecule has 0 aromatic heterocycles. The van der Waals surface area contributed by atoms with Gasteiger partial charge in [0.2, 0.25) is 5.91 Å². The van der Waals surface area contributed by atoms with Crippen molar-refractivity contribution < 1.29 is 22.4 Å². The van der Waals surface area contributed by atoms with E-state index in [-0.39, 0.29) is 10.9 Å². The molecule has 2 N–H and O–H groups in total. The van der Waals surface area contributed by atoms with Gasteiger partial charge in [-0.3, -0.25) is 10.1 Å². The van der Waals surface area contributed by atoms with E-state index < -0.39 is 29.6 Å². The van der Waals surface area contributed by atoms with Gasteiger partial charge in [-0.15, -0.1) is 0 Å². The second-order valence-corrected chi connectivity index (χ2v) is 7.99. The van der Waals surface area contributed by atoms with Crippen molar-refractivity contribution in [2.75, 3.05) is 7.05 Å². The lowest BCUT2D eigenvalue weighted by molar-refractivity contribution is -0.137. The number of amides is 1. The number of halogens is 5. The van der Waals surface area contributed by atoms with Crippen LogP contribution in [0.3, 0.4) is 0 Å². The molecule has 0 saturated heterocycles. The van der Waals surface area contributed by atoms with Crippen molar-refractivity contribution in [3.8, 4) is 0 Å². The number of hydrogen-bond donors (Lipinski definition) is 2. The summed E-state index contributed by atoms with van der Waals surface area (Å²) in [5, 5.41) is 5.91. The Morgan fingerprint density at radius 1 is 0.970 bits per heavy atom. The van der Waals surface area contributed by atoms with Crippen LogP contribution in [-0.2, 0) is 17.4 Å². The van der Waals surface area contributed by atoms with Crippen molar-refractivity contribution >= 4 is 17.5 Å². The summed E-state index contributed by atoms with van der Waals surface area (Å²) in [5.41, 5.74) is 1.40. The first kappa shape index (κ1) is 24.7. The van der Waals surface area contributed by atoms with Crippen molar-refractivity contribution in [3.05, 3.63) is 106 Å². The molecule has 3 aromatic rings. The highest BCUT2D eigenvalue weighted by molar-refractivity contribution is 6.30. The summed E-state index contributed by atoms with van der Waals surface area (Å²) in [6, 6.07) is 17.3. The molecule has 0 spiro atoms. The monoisotopic (exact) mass is 478 g/mol. The van der Waals surface area contributed by atoms with E-state index in [4.69, 9.17) is 11.6 Å². The molecule has 33 heavy (non-hydrogen) atoms. The fraction of sp³-hybridized carbons (Fsp3) is 0.240. The predicted octanol–water partition coefficient (Wildman–Crippen LogP) is 6.25. The minimum Gasteiger partial charge on any atom is -0.358 e. The van der Waals surface area contributed by atoms with E-state index in [2.05, 4.69) is 10.6 Å². The minimum absolute atomic E-state index is 0.0509. The Bertz CT molecular complexity index is 1070. The standard InChI is InChI=1S/C25H23ClF4N2O/c1-31-24(33)23(17-5-3-2-4-6-17)32-22(18-10-13-21(27)20(26)15-18)14-9-16-7-11-19(12-8-16)25(28,29)30/h2-8,10-13,15,22-23,32H,9,14H2,1H3,(H,31,33)/t22-,23?/m0/s1. The highest BCUT2D eigenvalue weighted by Crippen LogP contribution is 2.31. The van der Waals surface area contributed by atoms with Gasteiger partial charge in [0.25, 0.3) is 0 Å². The predicted molar refractivity (Wildman–Crippen MR) is 120 cm³/mol. The molecule has 3 aromatic carbocycles. The lowest BCUT2D eigenvalue weighted by Gasteiger charge is -2.26. The number of hydrogen-bond acceptors (Lipinski definition) is 2. The van der Waals surface area contributed by atoms with Crippen molar-refractivity contribution in [2.24, 2.45) is 0 Å². The van der Waals surface area contributed by atoms with Crippen LogP contribution in [-0.4, -0.2) is 13.0 Å². The second-order valence-electron chi connectivity index (χ2n) is 7.58. The molecule has 0 aliphatic carbocycles. The first-order valence-corrected chi connectivity index (χ1v) is 10.7. The van der Waals surface area contributed by atoms with Crippen molar-refractivity contribution in [3.63, 3.8) is 0 Å². The molecule has 0 aliphatic heterocycles. The largest absolute Gasteiger partial charge is 0.416 e. The topological polar surface area (TPSA) is 41.1 Å². The van der Waals surface area contributed by atoms with Crippen LogP contribution in [0.5, 0.6) is 0 Å². The number of carbonyl (C=O) groups is 1. The van der Waals surface area contributed by atoms with E-state index in [1.165, 1.54) is 31.3 Å². The van der Waals surface area contributed by atoms with Gasteiger partial charge in [-0.25, -0.2) is 4.39 Å². The number of nitrogens with one attached hydrogen (secondary N) is 2. The highest BCUT2D eigenvalue weighted by Gasteiger charge is 2.30. The zero-order chi connectivity index (χ0) is 24.0. The SMILES string of the molecule is CNC(=O)C(N[C@@H](CCc1ccc(C(F)(F)F)cc1)c1ccc(F)c(Cl)c1)c1ccccc1. The molecule has 0 radical (unpaired) electrons. The van der Waals surface area contributed by atoms with Gasteiger partial charge in [-0.1, -0.05) is 60.1 Å². The Labute approximate surface area is 194 Å². The summed E-state index contributed by atoms with van der Waals surface area (Å²) in [7, 11) is 1.53. The van der Waals surface area contributed by atoms with Crippen LogP contribution in [0, 0.1) is 5.82 Å². The summed E-state index contributed by atoms with van der Waals surface area (Å²) < 4.78 is 52.3. The average Bonchev–Trinajstić information content (AvgIpc) is 2.81. The normalized spacial score (nSPS) is 13.4. The van der Waals surface area contributed by atoms with Gasteiger partial charge in [0.15, 0.2) is 0 Å². The Hall–Kier alpha value is -2.90. The fourth-order valence-electron chi connectivity index (χ4n) is 3.56. The third-order valence-electron chi connectivity index (χ3n) is 5.36. The first-order valence-electron chi connectivity index (χ1n) is 10.3. The van der Waals surface area contributed by atoms with E-state index in [9.17, 15) is 22.4 Å². The number of alkyl halides is 3. The second kappa shape index (κ2) is 10.8. The number of rotatable bonds is 8. The lowest BCUT2D eigenvalue weighted by atomic mass is 9.96. The van der Waals surface area contributed by atoms with Gasteiger partial charge in [0.1, 0.15) is 11.9 Å². The molecular weight excluding hydrogens is 456 g/mol. The molecule has 0 aliphatic rings. The maximum Gasteiger partial charge on any atom is 0.416 e. The van der Waals surface area contributed by atoms with Crippen LogP contribution in [0.25, 0.3) is 0 Å². The smallest absolute Gasteiger partial charge is 0.358 e. The first-order chi connectivity index (χ1) is 15.7. The van der Waals surface area contributed by atoms with Crippen LogP contribution in [0.1, 0.15) is 40.8 Å². The summed E-state index contributed by atoms with van der Waals surface area (Å²) in [6.07, 6.45) is -3.53. The fourth-order valence-corrected chi connectivity index (χ4v) is 3.75. The molecule has 3 nitrogen and oxygen atoms in total. The minimum atomic E-state index is -4.40. The molecule has 174 valence electrons. The van der Waals surface area contributed by atoms with Crippen LogP contribution >= 0.6 is 11.6 Å². The highest BCUT2D eigenvalue weighted by atomic mass is 35.5. The molecule has 1 unspecified atom stereocenters. The molecule has 3 rings (SSSR count). The number of benzene rings is 3. The van der Waals surface area contributed by atoms with Gasteiger partial charge >= 0.3 is 6.18 Å². The van der Waals surface area contributed by atoms with Crippen molar-refractivity contribution in [2.45, 2.75) is 31.1 Å². The van der Waals surface area contributed by atoms with E-state index in [0.717, 1.165) is 17.7 Å². The zero-order valence-corrected chi connectivity index (χ0v) is 18.6. The summed E-state index contributed by atoms with van der Waals surface area (Å²) >= 11 is 5.99. The number of carbonyl (C=O) groups excluding carboxylic acids is 1. The van der Waals surface area contributed by atoms with Gasteiger partial charge < -0.3 is 5.32 Å². The van der Waals surface area contributed by atoms with Crippen LogP contribution in [0.2, 0.25) is 5.02 Å². The third-order valence-corrected chi connectivity index (χ3v) is 5.65. The van der Waals surface area contributed by atoms with Crippen molar-refractivity contribution in [1.82, 2.24) is 10.6 Å². The Balaban J connectivity index is 1.87. The molecule has 1 amide bonds. The number of aryl methyl sites for hydroxylation is 1. The Morgan fingerprint density at radius 2 is 1.64 bits per heavy atom. The van der Waals surface area contributed by atoms with Gasteiger partial charge in [-0.05, 0) is 53.8 Å². The summed E-state index contributed by atoms with van der Waals surface area (Å²) in [6.45, 7) is 0. The average molecular weight is 479 g/mol. The molecule has 0 heterocycles. The molecule has 0 saturated carbocycles. The van der Waals surface area contributed by atoms with Gasteiger partial charge in [-0.2, -0.15) is 13.2 Å². The number of likely N-dealkylation sites (N-methyl/N-ethyl adjacent to an activating group) is 1. The maximum absolute atomic E-state index is 13.7. The van der Waals surface area contributed by atoms with Crippen LogP contribution in [0.4, 0.5) is 17.6 Å². The van der Waals surface area contributed by atoms with E-state index >= 15 is 0 Å². The van der Waals surface area contributed by atoms with Crippen LogP contribution in [0.15, 0.2) is 72.8 Å². The Kier molecular flexibility index (Phi) is 8.10. The summed E-state index contributed by atoms with van der Waals surface area (Å²) in [5.74, 6) is -0.818. The van der Waals surface area contributed by atoms with E-state index in [0.29, 0.717) is 24.0 Å². The van der Waals surface area contributed by atoms with Gasteiger partial charge in [0.05, 0.1) is 10.6 Å². The third kappa shape index (κ3) is 6.55. The maximum atomic E-state index is 13.7. The quantitative estimate of drug-likeness (QED) is 0.376. The van der Waals surface area contributed by atoms with Gasteiger partial charge in [0, 0.05) is 13.1 Å². The molecule has 8 heteroatoms. The zero-order valence-electron chi connectivity index (χ0n) is 17.8. The summed E-state index contributed by atoms with van der Waals surface area (Å²) in [4.78, 5) is 12.6.